The molecule has 0 spiro atoms. The third kappa shape index (κ3) is 2.72. The van der Waals surface area contributed by atoms with Crippen molar-refractivity contribution in [2.24, 2.45) is 0 Å². The zero-order valence-corrected chi connectivity index (χ0v) is 10.7. The van der Waals surface area contributed by atoms with Gasteiger partial charge in [0, 0.05) is 17.3 Å². The molecule has 0 bridgehead atoms. The maximum atomic E-state index is 12.9. The molecule has 2 amide bonds. The van der Waals surface area contributed by atoms with Gasteiger partial charge in [0.1, 0.15) is 5.82 Å². The number of carbonyl (C=O) groups is 2. The van der Waals surface area contributed by atoms with Crippen LogP contribution in [0.2, 0.25) is 0 Å². The molecular weight excluding hydrogens is 289 g/mol. The summed E-state index contributed by atoms with van der Waals surface area (Å²) < 4.78 is 13.5. The van der Waals surface area contributed by atoms with Gasteiger partial charge in [0.2, 0.25) is 11.8 Å². The lowest BCUT2D eigenvalue weighted by Gasteiger charge is -2.25. The summed E-state index contributed by atoms with van der Waals surface area (Å²) in [6, 6.07) is 4.22. The lowest BCUT2D eigenvalue weighted by Crippen LogP contribution is -2.39. The summed E-state index contributed by atoms with van der Waals surface area (Å²) in [5.41, 5.74) is 0.731. The van der Waals surface area contributed by atoms with E-state index in [2.05, 4.69) is 15.9 Å². The van der Waals surface area contributed by atoms with Crippen LogP contribution in [0.5, 0.6) is 0 Å². The van der Waals surface area contributed by atoms with E-state index >= 15 is 0 Å². The van der Waals surface area contributed by atoms with Gasteiger partial charge in [-0.15, -0.1) is 0 Å². The highest BCUT2D eigenvalue weighted by Gasteiger charge is 2.26. The number of nitrogens with zero attached hydrogens (tertiary/aromatic N) is 1. The van der Waals surface area contributed by atoms with Gasteiger partial charge in [-0.25, -0.2) is 4.39 Å². The van der Waals surface area contributed by atoms with Crippen molar-refractivity contribution in [3.63, 3.8) is 0 Å². The normalized spacial score (nSPS) is 16.5. The molecule has 1 aromatic carbocycles. The standard InChI is InChI=1S/C12H11BrFNO2/c13-10-6-9(14)5-4-8(10)7-15-11(16)2-1-3-12(15)17/h4-6H,1-3,7H2. The summed E-state index contributed by atoms with van der Waals surface area (Å²) in [4.78, 5) is 24.4. The lowest BCUT2D eigenvalue weighted by atomic mass is 10.1. The number of piperidine rings is 1. The first-order valence-corrected chi connectivity index (χ1v) is 6.14. The Morgan fingerprint density at radius 1 is 1.24 bits per heavy atom. The van der Waals surface area contributed by atoms with Crippen molar-refractivity contribution in [1.29, 1.82) is 0 Å². The Labute approximate surface area is 107 Å². The van der Waals surface area contributed by atoms with Gasteiger partial charge >= 0.3 is 0 Å². The van der Waals surface area contributed by atoms with E-state index < -0.39 is 0 Å². The zero-order valence-electron chi connectivity index (χ0n) is 9.08. The number of carbonyl (C=O) groups excluding carboxylic acids is 2. The lowest BCUT2D eigenvalue weighted by molar-refractivity contribution is -0.148. The maximum absolute atomic E-state index is 12.9. The van der Waals surface area contributed by atoms with E-state index in [1.54, 1.807) is 6.07 Å². The summed E-state index contributed by atoms with van der Waals surface area (Å²) in [6.45, 7) is 0.207. The molecule has 1 aliphatic heterocycles. The van der Waals surface area contributed by atoms with Crippen molar-refractivity contribution in [3.8, 4) is 0 Å². The second kappa shape index (κ2) is 4.96. The minimum Gasteiger partial charge on any atom is -0.278 e. The Hall–Kier alpha value is -1.23. The smallest absolute Gasteiger partial charge is 0.229 e. The van der Waals surface area contributed by atoms with Gasteiger partial charge in [-0.3, -0.25) is 14.5 Å². The molecule has 3 nitrogen and oxygen atoms in total. The van der Waals surface area contributed by atoms with E-state index in [0.29, 0.717) is 23.7 Å². The third-order valence-electron chi connectivity index (χ3n) is 2.73. The first-order chi connectivity index (χ1) is 8.08. The van der Waals surface area contributed by atoms with Crippen molar-refractivity contribution in [1.82, 2.24) is 4.90 Å². The predicted molar refractivity (Wildman–Crippen MR) is 63.5 cm³/mol. The molecule has 1 heterocycles. The van der Waals surface area contributed by atoms with Gasteiger partial charge in [-0.05, 0) is 24.1 Å². The molecule has 0 unspecified atom stereocenters. The number of benzene rings is 1. The van der Waals surface area contributed by atoms with E-state index in [0.717, 1.165) is 5.56 Å². The monoisotopic (exact) mass is 299 g/mol. The maximum Gasteiger partial charge on any atom is 0.229 e. The number of halogens is 2. The summed E-state index contributed by atoms with van der Waals surface area (Å²) in [5.74, 6) is -0.660. The topological polar surface area (TPSA) is 37.4 Å². The number of amides is 2. The first kappa shape index (κ1) is 12.2. The average molecular weight is 300 g/mol. The predicted octanol–water partition coefficient (Wildman–Crippen LogP) is 2.63. The Balaban J connectivity index is 2.19. The van der Waals surface area contributed by atoms with Gasteiger partial charge in [0.05, 0.1) is 6.54 Å². The molecule has 0 atom stereocenters. The molecule has 0 saturated carbocycles. The summed E-state index contributed by atoms with van der Waals surface area (Å²) in [5, 5.41) is 0. The van der Waals surface area contributed by atoms with Crippen molar-refractivity contribution in [3.05, 3.63) is 34.1 Å². The van der Waals surface area contributed by atoms with Gasteiger partial charge in [0.15, 0.2) is 0 Å². The van der Waals surface area contributed by atoms with Crippen molar-refractivity contribution >= 4 is 27.7 Å². The van der Waals surface area contributed by atoms with Gasteiger partial charge in [-0.1, -0.05) is 22.0 Å². The van der Waals surface area contributed by atoms with Crippen LogP contribution in [0.3, 0.4) is 0 Å². The fourth-order valence-electron chi connectivity index (χ4n) is 1.80. The quantitative estimate of drug-likeness (QED) is 0.787. The molecular formula is C12H11BrFNO2. The van der Waals surface area contributed by atoms with Crippen LogP contribution >= 0.6 is 15.9 Å². The minimum absolute atomic E-state index is 0.155. The molecule has 17 heavy (non-hydrogen) atoms. The average Bonchev–Trinajstić information content (AvgIpc) is 2.26. The van der Waals surface area contributed by atoms with E-state index in [-0.39, 0.29) is 24.2 Å². The fraction of sp³-hybridized carbons (Fsp3) is 0.333. The Morgan fingerprint density at radius 3 is 2.47 bits per heavy atom. The molecule has 1 aromatic rings. The number of rotatable bonds is 2. The van der Waals surface area contributed by atoms with Crippen LogP contribution in [0.4, 0.5) is 4.39 Å². The Morgan fingerprint density at radius 2 is 1.88 bits per heavy atom. The van der Waals surface area contributed by atoms with Crippen LogP contribution < -0.4 is 0 Å². The van der Waals surface area contributed by atoms with E-state index in [1.165, 1.54) is 17.0 Å². The Kier molecular flexibility index (Phi) is 3.57. The van der Waals surface area contributed by atoms with Crippen LogP contribution in [0.25, 0.3) is 0 Å². The molecule has 1 fully saturated rings. The SMILES string of the molecule is O=C1CCCC(=O)N1Cc1ccc(F)cc1Br. The van der Waals surface area contributed by atoms with E-state index in [1.807, 2.05) is 0 Å². The summed E-state index contributed by atoms with van der Waals surface area (Å²) >= 11 is 3.22. The molecule has 90 valence electrons. The molecule has 1 saturated heterocycles. The zero-order chi connectivity index (χ0) is 12.4. The molecule has 0 N–H and O–H groups in total. The molecule has 5 heteroatoms. The molecule has 0 radical (unpaired) electrons. The first-order valence-electron chi connectivity index (χ1n) is 5.35. The summed E-state index contributed by atoms with van der Waals surface area (Å²) in [7, 11) is 0. The molecule has 2 rings (SSSR count). The highest BCUT2D eigenvalue weighted by Crippen LogP contribution is 2.22. The van der Waals surface area contributed by atoms with Gasteiger partial charge < -0.3 is 0 Å². The van der Waals surface area contributed by atoms with Crippen LogP contribution in [0, 0.1) is 5.82 Å². The van der Waals surface area contributed by atoms with Crippen molar-refractivity contribution < 1.29 is 14.0 Å². The van der Waals surface area contributed by atoms with E-state index in [4.69, 9.17) is 0 Å². The molecule has 0 aliphatic carbocycles. The second-order valence-electron chi connectivity index (χ2n) is 3.96. The number of hydrogen-bond donors (Lipinski definition) is 0. The van der Waals surface area contributed by atoms with Crippen LogP contribution in [-0.4, -0.2) is 16.7 Å². The number of imide groups is 1. The van der Waals surface area contributed by atoms with Gasteiger partial charge in [0.25, 0.3) is 0 Å². The molecule has 0 aromatic heterocycles. The minimum atomic E-state index is -0.350. The van der Waals surface area contributed by atoms with E-state index in [9.17, 15) is 14.0 Å². The summed E-state index contributed by atoms with van der Waals surface area (Å²) in [6.07, 6.45) is 1.44. The second-order valence-corrected chi connectivity index (χ2v) is 4.82. The third-order valence-corrected chi connectivity index (χ3v) is 3.47. The fourth-order valence-corrected chi connectivity index (χ4v) is 2.27. The highest BCUT2D eigenvalue weighted by molar-refractivity contribution is 9.10. The van der Waals surface area contributed by atoms with Crippen LogP contribution in [0.1, 0.15) is 24.8 Å². The molecule has 1 aliphatic rings. The van der Waals surface area contributed by atoms with Crippen molar-refractivity contribution in [2.45, 2.75) is 25.8 Å². The number of likely N-dealkylation sites (tertiary alicyclic amines) is 1. The van der Waals surface area contributed by atoms with Gasteiger partial charge in [-0.2, -0.15) is 0 Å². The largest absolute Gasteiger partial charge is 0.278 e. The van der Waals surface area contributed by atoms with Crippen LogP contribution in [0.15, 0.2) is 22.7 Å². The Bertz CT molecular complexity index is 460. The highest BCUT2D eigenvalue weighted by atomic mass is 79.9. The van der Waals surface area contributed by atoms with Crippen molar-refractivity contribution in [2.75, 3.05) is 0 Å². The number of hydrogen-bond acceptors (Lipinski definition) is 2. The van der Waals surface area contributed by atoms with Crippen LogP contribution in [-0.2, 0) is 16.1 Å².